The summed E-state index contributed by atoms with van der Waals surface area (Å²) >= 11 is 0. The van der Waals surface area contributed by atoms with Crippen molar-refractivity contribution >= 4 is 112 Å². The third-order valence-corrected chi connectivity index (χ3v) is 24.5. The van der Waals surface area contributed by atoms with Crippen LogP contribution in [0.25, 0.3) is 55.0 Å². The molecule has 12 aromatic rings. The molecule has 0 amide bonds. The number of anilines is 8. The molecule has 1 saturated carbocycles. The number of para-hydroxylation sites is 3. The van der Waals surface area contributed by atoms with Crippen molar-refractivity contribution in [2.45, 2.75) is 167 Å². The molecule has 0 saturated heterocycles. The van der Waals surface area contributed by atoms with E-state index in [0.29, 0.717) is 0 Å². The standard InChI is InChI=1S/C86H82BN3O2/c1-80(2,3)53-37-34-51(35-38-53)52-36-39-67-64(44-52)85(12)40-20-21-41-86(85,13)90(67)54-45-72-78-73(46-54)89(69-30-22-26-56-55-24-14-18-31-74(55)92-79(56)69)70-49-61-60(81(4,5)42-43-82(61,6)7)47-65(70)87(78)66-48-62-63(84(10,11)59-28-17-16-27-58(59)83(62,8)9)50-71(66)88(72)68-29-23-33-76-77(68)57-25-15-19-32-75(57)91-76/h14-19,22-39,44-50H,20-21,40-43H2,1-13H3. The number of furan rings is 2. The molecule has 10 aromatic carbocycles. The maximum absolute atomic E-state index is 7.29. The summed E-state index contributed by atoms with van der Waals surface area (Å²) in [6.45, 7) is 31.8. The average molecular weight is 1200 g/mol. The van der Waals surface area contributed by atoms with E-state index >= 15 is 0 Å². The summed E-state index contributed by atoms with van der Waals surface area (Å²) in [5.74, 6) is 0. The van der Waals surface area contributed by atoms with Gasteiger partial charge >= 0.3 is 0 Å². The number of rotatable bonds is 4. The van der Waals surface area contributed by atoms with Crippen molar-refractivity contribution in [3.8, 4) is 11.1 Å². The summed E-state index contributed by atoms with van der Waals surface area (Å²) in [6, 6.07) is 73.1. The maximum atomic E-state index is 7.29. The molecule has 2 aromatic heterocycles. The van der Waals surface area contributed by atoms with Crippen LogP contribution in [-0.2, 0) is 32.5 Å². The minimum Gasteiger partial charge on any atom is -0.456 e. The molecule has 0 radical (unpaired) electrons. The van der Waals surface area contributed by atoms with Gasteiger partial charge in [0, 0.05) is 66.5 Å². The summed E-state index contributed by atoms with van der Waals surface area (Å²) in [7, 11) is 0. The second-order valence-corrected chi connectivity index (χ2v) is 32.2. The first kappa shape index (κ1) is 56.1. The van der Waals surface area contributed by atoms with Crippen molar-refractivity contribution in [1.29, 1.82) is 0 Å². The Morgan fingerprint density at radius 2 is 0.924 bits per heavy atom. The number of benzene rings is 10. The van der Waals surface area contributed by atoms with Crippen LogP contribution >= 0.6 is 0 Å². The van der Waals surface area contributed by atoms with Gasteiger partial charge in [0.25, 0.3) is 6.71 Å². The summed E-state index contributed by atoms with van der Waals surface area (Å²) in [5, 5.41) is 4.48. The molecular weight excluding hydrogens is 1120 g/mol. The first-order valence-corrected chi connectivity index (χ1v) is 34.1. The molecule has 3 aliphatic carbocycles. The third kappa shape index (κ3) is 7.38. The number of hydrogen-bond acceptors (Lipinski definition) is 5. The van der Waals surface area contributed by atoms with Crippen LogP contribution in [0, 0.1) is 0 Å². The quantitative estimate of drug-likeness (QED) is 0.164. The topological polar surface area (TPSA) is 36.0 Å². The van der Waals surface area contributed by atoms with E-state index in [1.54, 1.807) is 0 Å². The van der Waals surface area contributed by atoms with Crippen LogP contribution in [0.4, 0.5) is 45.5 Å². The molecule has 3 aliphatic heterocycles. The first-order chi connectivity index (χ1) is 44.0. The Kier molecular flexibility index (Phi) is 11.3. The van der Waals surface area contributed by atoms with Gasteiger partial charge in [-0.2, -0.15) is 0 Å². The first-order valence-electron chi connectivity index (χ1n) is 34.1. The molecule has 0 N–H and O–H groups in total. The Labute approximate surface area is 543 Å². The predicted octanol–water partition coefficient (Wildman–Crippen LogP) is 21.6. The smallest absolute Gasteiger partial charge is 0.252 e. The Morgan fingerprint density at radius 1 is 0.391 bits per heavy atom. The van der Waals surface area contributed by atoms with Gasteiger partial charge in [-0.25, -0.2) is 0 Å². The van der Waals surface area contributed by atoms with Gasteiger partial charge < -0.3 is 23.5 Å². The average Bonchev–Trinajstić information content (AvgIpc) is 0.794. The normalized spacial score (nSPS) is 21.0. The number of fused-ring (bicyclic) bond motifs is 16. The molecule has 2 atom stereocenters. The summed E-state index contributed by atoms with van der Waals surface area (Å²) in [4.78, 5) is 8.23. The van der Waals surface area contributed by atoms with Gasteiger partial charge in [-0.15, -0.1) is 0 Å². The van der Waals surface area contributed by atoms with Crippen LogP contribution in [-0.4, -0.2) is 12.3 Å². The third-order valence-electron chi connectivity index (χ3n) is 24.5. The molecule has 5 heterocycles. The largest absolute Gasteiger partial charge is 0.456 e. The van der Waals surface area contributed by atoms with Gasteiger partial charge in [0.1, 0.15) is 16.7 Å². The van der Waals surface area contributed by atoms with Crippen molar-refractivity contribution in [3.05, 3.63) is 233 Å². The van der Waals surface area contributed by atoms with E-state index in [1.165, 1.54) is 113 Å². The molecule has 6 aliphatic rings. The van der Waals surface area contributed by atoms with Crippen LogP contribution in [0.5, 0.6) is 0 Å². The van der Waals surface area contributed by atoms with E-state index < -0.39 is 0 Å². The molecule has 18 rings (SSSR count). The molecule has 456 valence electrons. The van der Waals surface area contributed by atoms with E-state index in [2.05, 4.69) is 293 Å². The zero-order valence-corrected chi connectivity index (χ0v) is 55.9. The van der Waals surface area contributed by atoms with Gasteiger partial charge in [0.05, 0.1) is 22.3 Å². The molecule has 1 fully saturated rings. The van der Waals surface area contributed by atoms with E-state index in [0.717, 1.165) is 87.4 Å². The summed E-state index contributed by atoms with van der Waals surface area (Å²) in [5.41, 5.74) is 29.8. The van der Waals surface area contributed by atoms with Crippen LogP contribution in [0.2, 0.25) is 0 Å². The number of nitrogens with zero attached hydrogens (tertiary/aromatic N) is 3. The molecule has 92 heavy (non-hydrogen) atoms. The fourth-order valence-electron chi connectivity index (χ4n) is 19.0. The van der Waals surface area contributed by atoms with Gasteiger partial charge in [0.2, 0.25) is 0 Å². The lowest BCUT2D eigenvalue weighted by atomic mass is 9.32. The predicted molar refractivity (Wildman–Crippen MR) is 388 cm³/mol. The Balaban J connectivity index is 1.00. The Hall–Kier alpha value is -8.74. The second-order valence-electron chi connectivity index (χ2n) is 32.2. The highest BCUT2D eigenvalue weighted by Gasteiger charge is 2.59. The highest BCUT2D eigenvalue weighted by molar-refractivity contribution is 7.00. The summed E-state index contributed by atoms with van der Waals surface area (Å²) < 4.78 is 14.2. The van der Waals surface area contributed by atoms with E-state index in [1.807, 2.05) is 0 Å². The molecule has 5 nitrogen and oxygen atoms in total. The van der Waals surface area contributed by atoms with Crippen molar-refractivity contribution in [1.82, 2.24) is 0 Å². The molecule has 6 heteroatoms. The lowest BCUT2D eigenvalue weighted by Crippen LogP contribution is -2.62. The fourth-order valence-corrected chi connectivity index (χ4v) is 19.0. The monoisotopic (exact) mass is 1200 g/mol. The van der Waals surface area contributed by atoms with E-state index in [-0.39, 0.29) is 44.7 Å². The van der Waals surface area contributed by atoms with Crippen molar-refractivity contribution in [2.75, 3.05) is 14.7 Å². The Morgan fingerprint density at radius 3 is 1.61 bits per heavy atom. The lowest BCUT2D eigenvalue weighted by Gasteiger charge is -2.51. The second kappa shape index (κ2) is 18.5. The molecule has 2 unspecified atom stereocenters. The van der Waals surface area contributed by atoms with E-state index in [4.69, 9.17) is 8.83 Å². The van der Waals surface area contributed by atoms with Gasteiger partial charge in [-0.05, 0) is 188 Å². The van der Waals surface area contributed by atoms with Crippen LogP contribution < -0.4 is 31.1 Å². The lowest BCUT2D eigenvalue weighted by molar-refractivity contribution is 0.195. The SMILES string of the molecule is CC(C)(C)c1ccc(-c2ccc3c(c2)C2(C)CCCCC2(C)N3c2cc3c4c(c2)N(c2cccc5oc6ccccc6c25)c2cc5c(cc2B4c2cc4c(cc2N3c2cccc3c2oc2ccccc23)C(C)(C)CCC4(C)C)C(C)(C)c2ccccc2C5(C)C)cc1. The highest BCUT2D eigenvalue weighted by atomic mass is 16.3. The highest BCUT2D eigenvalue weighted by Crippen LogP contribution is 2.63. The van der Waals surface area contributed by atoms with Crippen molar-refractivity contribution in [3.63, 3.8) is 0 Å². The zero-order valence-electron chi connectivity index (χ0n) is 55.9. The Bertz CT molecular complexity index is 5180. The van der Waals surface area contributed by atoms with Gasteiger partial charge in [-0.3, -0.25) is 0 Å². The minimum atomic E-state index is -0.308. The van der Waals surface area contributed by atoms with Crippen LogP contribution in [0.1, 0.15) is 173 Å². The van der Waals surface area contributed by atoms with Gasteiger partial charge in [0.15, 0.2) is 5.58 Å². The molecule has 0 bridgehead atoms. The molecular formula is C86H82BN3O2. The van der Waals surface area contributed by atoms with Gasteiger partial charge in [-0.1, -0.05) is 217 Å². The zero-order chi connectivity index (χ0) is 63.1. The fraction of sp³-hybridized carbons (Fsp3) is 0.302. The maximum Gasteiger partial charge on any atom is 0.252 e. The van der Waals surface area contributed by atoms with Crippen LogP contribution in [0.15, 0.2) is 197 Å². The minimum absolute atomic E-state index is 0.0511. The number of hydrogen-bond donors (Lipinski definition) is 0. The summed E-state index contributed by atoms with van der Waals surface area (Å²) in [6.07, 6.45) is 6.76. The molecule has 0 spiro atoms. The van der Waals surface area contributed by atoms with Crippen molar-refractivity contribution in [2.24, 2.45) is 0 Å². The van der Waals surface area contributed by atoms with Crippen LogP contribution in [0.3, 0.4) is 0 Å². The van der Waals surface area contributed by atoms with E-state index in [9.17, 15) is 0 Å². The van der Waals surface area contributed by atoms with Crippen molar-refractivity contribution < 1.29 is 8.83 Å².